The number of ether oxygens (including phenoxy) is 2. The average Bonchev–Trinajstić information content (AvgIpc) is 2.62. The summed E-state index contributed by atoms with van der Waals surface area (Å²) in [4.78, 5) is 24.0. The maximum atomic E-state index is 12.0. The number of carbonyl (C=O) groups is 2. The molecule has 2 rings (SSSR count). The third kappa shape index (κ3) is 6.31. The molecule has 25 heavy (non-hydrogen) atoms. The zero-order valence-electron chi connectivity index (χ0n) is 13.5. The maximum absolute atomic E-state index is 12.0. The summed E-state index contributed by atoms with van der Waals surface area (Å²) in [6.45, 7) is 3.46. The molecule has 5 nitrogen and oxygen atoms in total. The van der Waals surface area contributed by atoms with Gasteiger partial charge in [0.1, 0.15) is 12.6 Å². The van der Waals surface area contributed by atoms with E-state index in [1.807, 2.05) is 30.3 Å². The van der Waals surface area contributed by atoms with Gasteiger partial charge < -0.3 is 14.8 Å². The van der Waals surface area contributed by atoms with Gasteiger partial charge in [0, 0.05) is 11.4 Å². The second kappa shape index (κ2) is 9.49. The van der Waals surface area contributed by atoms with Crippen LogP contribution in [-0.2, 0) is 27.3 Å². The van der Waals surface area contributed by atoms with Crippen LogP contribution in [-0.4, -0.2) is 18.1 Å². The van der Waals surface area contributed by atoms with Crippen molar-refractivity contribution < 1.29 is 19.1 Å². The molecule has 0 spiro atoms. The first kappa shape index (κ1) is 18.5. The Hall–Kier alpha value is -2.79. The normalized spacial score (nSPS) is 11.2. The smallest absolute Gasteiger partial charge is 0.408 e. The van der Waals surface area contributed by atoms with Crippen molar-refractivity contribution >= 4 is 23.7 Å². The quantitative estimate of drug-likeness (QED) is 0.602. The largest absolute Gasteiger partial charge is 0.445 e. The molecule has 6 heteroatoms. The van der Waals surface area contributed by atoms with Gasteiger partial charge in [-0.25, -0.2) is 9.59 Å². The maximum Gasteiger partial charge on any atom is 0.408 e. The van der Waals surface area contributed by atoms with Gasteiger partial charge in [0.25, 0.3) is 0 Å². The van der Waals surface area contributed by atoms with Crippen molar-refractivity contribution in [3.63, 3.8) is 0 Å². The standard InChI is InChI=1S/C19H18ClNO4/c1-2-24-18(22)17(12-14-8-10-16(20)11-9-14)21-19(23)25-13-15-6-4-3-5-7-15/h2-11,17H,1,12-13H2,(H,21,23). The predicted octanol–water partition coefficient (Wildman–Crippen LogP) is 3.86. The number of hydrogen-bond acceptors (Lipinski definition) is 4. The van der Waals surface area contributed by atoms with E-state index in [0.717, 1.165) is 17.4 Å². The van der Waals surface area contributed by atoms with Gasteiger partial charge in [-0.3, -0.25) is 0 Å². The molecule has 0 bridgehead atoms. The lowest BCUT2D eigenvalue weighted by Gasteiger charge is -2.16. The van der Waals surface area contributed by atoms with Gasteiger partial charge in [0.05, 0.1) is 6.26 Å². The van der Waals surface area contributed by atoms with Crippen molar-refractivity contribution in [3.05, 3.63) is 83.6 Å². The Morgan fingerprint density at radius 3 is 2.40 bits per heavy atom. The van der Waals surface area contributed by atoms with Crippen LogP contribution in [0.25, 0.3) is 0 Å². The molecule has 1 N–H and O–H groups in total. The fraction of sp³-hybridized carbons (Fsp3) is 0.158. The van der Waals surface area contributed by atoms with Crippen molar-refractivity contribution in [1.29, 1.82) is 0 Å². The third-order valence-corrected chi connectivity index (χ3v) is 3.59. The summed E-state index contributed by atoms with van der Waals surface area (Å²) in [6, 6.07) is 15.3. The third-order valence-electron chi connectivity index (χ3n) is 3.34. The van der Waals surface area contributed by atoms with Gasteiger partial charge in [-0.15, -0.1) is 0 Å². The number of benzene rings is 2. The monoisotopic (exact) mass is 359 g/mol. The van der Waals surface area contributed by atoms with Crippen molar-refractivity contribution in [3.8, 4) is 0 Å². The predicted molar refractivity (Wildman–Crippen MR) is 95.0 cm³/mol. The summed E-state index contributed by atoms with van der Waals surface area (Å²) < 4.78 is 9.93. The van der Waals surface area contributed by atoms with E-state index >= 15 is 0 Å². The summed E-state index contributed by atoms with van der Waals surface area (Å²) in [5.74, 6) is -0.624. The van der Waals surface area contributed by atoms with Gasteiger partial charge in [0.15, 0.2) is 0 Å². The number of rotatable bonds is 7. The molecule has 0 aliphatic carbocycles. The summed E-state index contributed by atoms with van der Waals surface area (Å²) >= 11 is 5.85. The Morgan fingerprint density at radius 2 is 1.76 bits per heavy atom. The number of amides is 1. The van der Waals surface area contributed by atoms with Gasteiger partial charge >= 0.3 is 12.1 Å². The van der Waals surface area contributed by atoms with Crippen LogP contribution >= 0.6 is 11.6 Å². The highest BCUT2D eigenvalue weighted by molar-refractivity contribution is 6.30. The minimum Gasteiger partial charge on any atom is -0.445 e. The van der Waals surface area contributed by atoms with Crippen LogP contribution in [0.3, 0.4) is 0 Å². The van der Waals surface area contributed by atoms with E-state index in [1.165, 1.54) is 0 Å². The van der Waals surface area contributed by atoms with Crippen molar-refractivity contribution in [2.75, 3.05) is 0 Å². The lowest BCUT2D eigenvalue weighted by molar-refractivity contribution is -0.140. The number of hydrogen-bond donors (Lipinski definition) is 1. The average molecular weight is 360 g/mol. The second-order valence-electron chi connectivity index (χ2n) is 5.19. The molecule has 0 heterocycles. The lowest BCUT2D eigenvalue weighted by Crippen LogP contribution is -2.43. The van der Waals surface area contributed by atoms with Gasteiger partial charge in [-0.05, 0) is 23.3 Å². The molecule has 0 saturated carbocycles. The second-order valence-corrected chi connectivity index (χ2v) is 5.63. The van der Waals surface area contributed by atoms with E-state index in [2.05, 4.69) is 11.9 Å². The minimum absolute atomic E-state index is 0.108. The van der Waals surface area contributed by atoms with Gasteiger partial charge in [-0.1, -0.05) is 60.6 Å². The summed E-state index contributed by atoms with van der Waals surface area (Å²) in [6.07, 6.45) is 0.558. The van der Waals surface area contributed by atoms with Crippen molar-refractivity contribution in [2.45, 2.75) is 19.1 Å². The molecule has 1 amide bonds. The molecule has 0 fully saturated rings. The molecular weight excluding hydrogens is 342 g/mol. The summed E-state index contributed by atoms with van der Waals surface area (Å²) in [7, 11) is 0. The number of alkyl carbamates (subject to hydrolysis) is 1. The molecular formula is C19H18ClNO4. The summed E-state index contributed by atoms with van der Waals surface area (Å²) in [5, 5.41) is 3.11. The number of carbonyl (C=O) groups excluding carboxylic acids is 2. The van der Waals surface area contributed by atoms with Crippen LogP contribution in [0, 0.1) is 0 Å². The highest BCUT2D eigenvalue weighted by atomic mass is 35.5. The Kier molecular flexibility index (Phi) is 7.04. The molecule has 130 valence electrons. The first-order valence-electron chi connectivity index (χ1n) is 7.61. The molecule has 1 unspecified atom stereocenters. The van der Waals surface area contributed by atoms with E-state index in [-0.39, 0.29) is 13.0 Å². The first-order valence-corrected chi connectivity index (χ1v) is 7.99. The molecule has 2 aromatic rings. The van der Waals surface area contributed by atoms with E-state index in [9.17, 15) is 9.59 Å². The highest BCUT2D eigenvalue weighted by Gasteiger charge is 2.23. The molecule has 0 aliphatic rings. The zero-order valence-corrected chi connectivity index (χ0v) is 14.2. The Morgan fingerprint density at radius 1 is 1.08 bits per heavy atom. The van der Waals surface area contributed by atoms with Crippen LogP contribution in [0.15, 0.2) is 67.4 Å². The highest BCUT2D eigenvalue weighted by Crippen LogP contribution is 2.12. The van der Waals surface area contributed by atoms with Crippen molar-refractivity contribution in [1.82, 2.24) is 5.32 Å². The van der Waals surface area contributed by atoms with E-state index in [1.54, 1.807) is 24.3 Å². The van der Waals surface area contributed by atoms with Crippen LogP contribution in [0.4, 0.5) is 4.79 Å². The Bertz CT molecular complexity index is 716. The topological polar surface area (TPSA) is 64.6 Å². The molecule has 0 radical (unpaired) electrons. The molecule has 0 aliphatic heterocycles. The van der Waals surface area contributed by atoms with E-state index in [0.29, 0.717) is 5.02 Å². The first-order chi connectivity index (χ1) is 12.1. The lowest BCUT2D eigenvalue weighted by atomic mass is 10.1. The van der Waals surface area contributed by atoms with E-state index < -0.39 is 18.1 Å². The minimum atomic E-state index is -0.901. The fourth-order valence-corrected chi connectivity index (χ4v) is 2.25. The molecule has 2 aromatic carbocycles. The van der Waals surface area contributed by atoms with E-state index in [4.69, 9.17) is 21.1 Å². The molecule has 1 atom stereocenters. The van der Waals surface area contributed by atoms with Crippen LogP contribution in [0.2, 0.25) is 5.02 Å². The number of nitrogens with one attached hydrogen (secondary N) is 1. The van der Waals surface area contributed by atoms with Crippen LogP contribution < -0.4 is 5.32 Å². The number of esters is 1. The summed E-state index contributed by atoms with van der Waals surface area (Å²) in [5.41, 5.74) is 1.67. The fourth-order valence-electron chi connectivity index (χ4n) is 2.12. The van der Waals surface area contributed by atoms with Crippen LogP contribution in [0.1, 0.15) is 11.1 Å². The van der Waals surface area contributed by atoms with Gasteiger partial charge in [0.2, 0.25) is 0 Å². The SMILES string of the molecule is C=COC(=O)C(Cc1ccc(Cl)cc1)NC(=O)OCc1ccccc1. The number of halogens is 1. The van der Waals surface area contributed by atoms with Gasteiger partial charge in [-0.2, -0.15) is 0 Å². The molecule has 0 aromatic heterocycles. The molecule has 0 saturated heterocycles. The Labute approximate surface area is 151 Å². The Balaban J connectivity index is 1.97. The van der Waals surface area contributed by atoms with Crippen LogP contribution in [0.5, 0.6) is 0 Å². The zero-order chi connectivity index (χ0) is 18.1. The van der Waals surface area contributed by atoms with Crippen molar-refractivity contribution in [2.24, 2.45) is 0 Å².